The molecule has 0 saturated heterocycles. The van der Waals surface area contributed by atoms with Crippen molar-refractivity contribution in [3.05, 3.63) is 35.8 Å². The van der Waals surface area contributed by atoms with Crippen LogP contribution in [0.25, 0.3) is 10.9 Å². The molecular formula is C19H26FN3O. The fourth-order valence-electron chi connectivity index (χ4n) is 3.84. The lowest BCUT2D eigenvalue weighted by atomic mass is 9.75. The van der Waals surface area contributed by atoms with Crippen LogP contribution in [0.1, 0.15) is 45.6 Å². The first kappa shape index (κ1) is 17.0. The predicted octanol–water partition coefficient (Wildman–Crippen LogP) is 3.26. The van der Waals surface area contributed by atoms with E-state index in [2.05, 4.69) is 24.1 Å². The minimum absolute atomic E-state index is 0.0726. The Morgan fingerprint density at radius 2 is 2.17 bits per heavy atom. The molecule has 1 aromatic heterocycles. The van der Waals surface area contributed by atoms with Crippen molar-refractivity contribution in [1.82, 2.24) is 10.3 Å². The Labute approximate surface area is 142 Å². The van der Waals surface area contributed by atoms with Gasteiger partial charge in [-0.05, 0) is 55.4 Å². The molecule has 1 aliphatic rings. The first-order valence-corrected chi connectivity index (χ1v) is 8.58. The number of aromatic amines is 1. The fraction of sp³-hybridized carbons (Fsp3) is 0.526. The summed E-state index contributed by atoms with van der Waals surface area (Å²) in [6, 6.07) is 4.62. The van der Waals surface area contributed by atoms with Crippen LogP contribution in [0.15, 0.2) is 24.4 Å². The van der Waals surface area contributed by atoms with Crippen LogP contribution in [0.3, 0.4) is 0 Å². The number of nitrogens with two attached hydrogens (primary N) is 1. The molecule has 0 radical (unpaired) electrons. The number of halogens is 1. The first-order valence-electron chi connectivity index (χ1n) is 8.58. The summed E-state index contributed by atoms with van der Waals surface area (Å²) in [5.41, 5.74) is 7.33. The van der Waals surface area contributed by atoms with Crippen molar-refractivity contribution in [2.75, 3.05) is 0 Å². The standard InChI is InChI=1S/C19H26FN3O/c1-12(23-17(24)19(21)8-4-7-18(19,2)3)9-13-11-22-16-6-5-14(20)10-15(13)16/h5-6,10-12,22H,4,7-9,21H2,1-3H3,(H,23,24). The molecule has 0 spiro atoms. The van der Waals surface area contributed by atoms with Crippen molar-refractivity contribution in [2.24, 2.45) is 11.1 Å². The van der Waals surface area contributed by atoms with Gasteiger partial charge in [0.25, 0.3) is 0 Å². The number of H-pyrrole nitrogens is 1. The Morgan fingerprint density at radius 3 is 2.83 bits per heavy atom. The molecular weight excluding hydrogens is 305 g/mol. The van der Waals surface area contributed by atoms with Crippen molar-refractivity contribution in [1.29, 1.82) is 0 Å². The topological polar surface area (TPSA) is 70.9 Å². The van der Waals surface area contributed by atoms with E-state index in [1.807, 2.05) is 13.1 Å². The van der Waals surface area contributed by atoms with Crippen LogP contribution in [0.2, 0.25) is 0 Å². The number of fused-ring (bicyclic) bond motifs is 1. The highest BCUT2D eigenvalue weighted by Crippen LogP contribution is 2.44. The zero-order valence-electron chi connectivity index (χ0n) is 14.6. The normalized spacial score (nSPS) is 24.2. The molecule has 1 amide bonds. The number of hydrogen-bond donors (Lipinski definition) is 3. The van der Waals surface area contributed by atoms with Gasteiger partial charge < -0.3 is 16.0 Å². The Balaban J connectivity index is 1.72. The minimum Gasteiger partial charge on any atom is -0.361 e. The van der Waals surface area contributed by atoms with Crippen LogP contribution < -0.4 is 11.1 Å². The molecule has 130 valence electrons. The summed E-state index contributed by atoms with van der Waals surface area (Å²) in [6.45, 7) is 6.08. The molecule has 0 aliphatic heterocycles. The molecule has 1 fully saturated rings. The van der Waals surface area contributed by atoms with Crippen LogP contribution in [0.5, 0.6) is 0 Å². The quantitative estimate of drug-likeness (QED) is 0.805. The summed E-state index contributed by atoms with van der Waals surface area (Å²) in [4.78, 5) is 15.9. The predicted molar refractivity (Wildman–Crippen MR) is 94.1 cm³/mol. The van der Waals surface area contributed by atoms with Gasteiger partial charge in [-0.3, -0.25) is 4.79 Å². The van der Waals surface area contributed by atoms with Gasteiger partial charge in [0.2, 0.25) is 5.91 Å². The summed E-state index contributed by atoms with van der Waals surface area (Å²) >= 11 is 0. The van der Waals surface area contributed by atoms with Crippen molar-refractivity contribution in [2.45, 2.75) is 58.0 Å². The SMILES string of the molecule is CC(Cc1c[nH]c2ccc(F)cc12)NC(=O)C1(N)CCCC1(C)C. The van der Waals surface area contributed by atoms with Gasteiger partial charge in [0.05, 0.1) is 0 Å². The number of carbonyl (C=O) groups is 1. The maximum Gasteiger partial charge on any atom is 0.240 e. The summed E-state index contributed by atoms with van der Waals surface area (Å²) in [7, 11) is 0. The molecule has 2 atom stereocenters. The Morgan fingerprint density at radius 1 is 1.42 bits per heavy atom. The maximum atomic E-state index is 13.5. The second kappa shape index (κ2) is 5.88. The van der Waals surface area contributed by atoms with E-state index >= 15 is 0 Å². The van der Waals surface area contributed by atoms with E-state index in [1.165, 1.54) is 12.1 Å². The molecule has 4 N–H and O–H groups in total. The summed E-state index contributed by atoms with van der Waals surface area (Å²) < 4.78 is 13.5. The molecule has 0 bridgehead atoms. The number of nitrogens with one attached hydrogen (secondary N) is 2. The van der Waals surface area contributed by atoms with Gasteiger partial charge in [-0.25, -0.2) is 4.39 Å². The van der Waals surface area contributed by atoms with E-state index in [0.717, 1.165) is 35.7 Å². The van der Waals surface area contributed by atoms with E-state index in [4.69, 9.17) is 5.73 Å². The van der Waals surface area contributed by atoms with E-state index in [0.29, 0.717) is 6.42 Å². The molecule has 2 unspecified atom stereocenters. The van der Waals surface area contributed by atoms with E-state index < -0.39 is 5.54 Å². The van der Waals surface area contributed by atoms with Crippen molar-refractivity contribution in [3.8, 4) is 0 Å². The lowest BCUT2D eigenvalue weighted by Crippen LogP contribution is -2.61. The Kier molecular flexibility index (Phi) is 4.16. The van der Waals surface area contributed by atoms with E-state index in [-0.39, 0.29) is 23.2 Å². The third-order valence-electron chi connectivity index (χ3n) is 5.62. The average molecular weight is 331 g/mol. The fourth-order valence-corrected chi connectivity index (χ4v) is 3.84. The zero-order valence-corrected chi connectivity index (χ0v) is 14.6. The second-order valence-corrected chi connectivity index (χ2v) is 7.79. The molecule has 1 aliphatic carbocycles. The highest BCUT2D eigenvalue weighted by molar-refractivity contribution is 5.88. The first-order chi connectivity index (χ1) is 11.2. The molecule has 2 aromatic rings. The number of carbonyl (C=O) groups excluding carboxylic acids is 1. The molecule has 1 aromatic carbocycles. The molecule has 1 saturated carbocycles. The van der Waals surface area contributed by atoms with Gasteiger partial charge in [-0.1, -0.05) is 20.3 Å². The zero-order chi connectivity index (χ0) is 17.5. The number of aromatic nitrogens is 1. The van der Waals surface area contributed by atoms with Gasteiger partial charge in [0.1, 0.15) is 11.4 Å². The number of hydrogen-bond acceptors (Lipinski definition) is 2. The van der Waals surface area contributed by atoms with Crippen molar-refractivity contribution >= 4 is 16.8 Å². The Bertz CT molecular complexity index is 767. The van der Waals surface area contributed by atoms with E-state index in [1.54, 1.807) is 6.07 Å². The summed E-state index contributed by atoms with van der Waals surface area (Å²) in [5.74, 6) is -0.336. The summed E-state index contributed by atoms with van der Waals surface area (Å²) in [5, 5.41) is 3.92. The third-order valence-corrected chi connectivity index (χ3v) is 5.62. The highest BCUT2D eigenvalue weighted by Gasteiger charge is 2.51. The summed E-state index contributed by atoms with van der Waals surface area (Å²) in [6.07, 6.45) is 5.17. The van der Waals surface area contributed by atoms with Gasteiger partial charge in [-0.2, -0.15) is 0 Å². The molecule has 3 rings (SSSR count). The largest absolute Gasteiger partial charge is 0.361 e. The highest BCUT2D eigenvalue weighted by atomic mass is 19.1. The lowest BCUT2D eigenvalue weighted by molar-refractivity contribution is -0.130. The molecule has 24 heavy (non-hydrogen) atoms. The van der Waals surface area contributed by atoms with Crippen LogP contribution in [0, 0.1) is 11.2 Å². The van der Waals surface area contributed by atoms with Crippen LogP contribution in [-0.2, 0) is 11.2 Å². The lowest BCUT2D eigenvalue weighted by Gasteiger charge is -2.37. The van der Waals surface area contributed by atoms with Crippen molar-refractivity contribution < 1.29 is 9.18 Å². The van der Waals surface area contributed by atoms with Crippen LogP contribution in [-0.4, -0.2) is 22.5 Å². The molecule has 4 nitrogen and oxygen atoms in total. The van der Waals surface area contributed by atoms with E-state index in [9.17, 15) is 9.18 Å². The monoisotopic (exact) mass is 331 g/mol. The van der Waals surface area contributed by atoms with Gasteiger partial charge in [0, 0.05) is 23.1 Å². The molecule has 5 heteroatoms. The number of amides is 1. The minimum atomic E-state index is -0.812. The van der Waals surface area contributed by atoms with Gasteiger partial charge in [0.15, 0.2) is 0 Å². The van der Waals surface area contributed by atoms with Crippen LogP contribution >= 0.6 is 0 Å². The smallest absolute Gasteiger partial charge is 0.240 e. The van der Waals surface area contributed by atoms with Gasteiger partial charge in [-0.15, -0.1) is 0 Å². The third kappa shape index (κ3) is 2.81. The second-order valence-electron chi connectivity index (χ2n) is 7.79. The van der Waals surface area contributed by atoms with Crippen molar-refractivity contribution in [3.63, 3.8) is 0 Å². The average Bonchev–Trinajstić information content (AvgIpc) is 3.01. The maximum absolute atomic E-state index is 13.5. The number of benzene rings is 1. The van der Waals surface area contributed by atoms with Crippen LogP contribution in [0.4, 0.5) is 4.39 Å². The Hall–Kier alpha value is -1.88. The molecule has 1 heterocycles. The number of rotatable bonds is 4. The van der Waals surface area contributed by atoms with Gasteiger partial charge >= 0.3 is 0 Å².